The maximum atomic E-state index is 11.5. The molecule has 0 spiro atoms. The van der Waals surface area contributed by atoms with Gasteiger partial charge in [0.25, 0.3) is 0 Å². The molecule has 2 aliphatic rings. The van der Waals surface area contributed by atoms with Gasteiger partial charge in [0.15, 0.2) is 0 Å². The molecule has 4 heteroatoms. The Bertz CT molecular complexity index is 257. The molecule has 17 heavy (non-hydrogen) atoms. The Morgan fingerprint density at radius 1 is 1.41 bits per heavy atom. The van der Waals surface area contributed by atoms with Gasteiger partial charge in [0.1, 0.15) is 0 Å². The molecule has 1 saturated carbocycles. The smallest absolute Gasteiger partial charge is 0.221 e. The Morgan fingerprint density at radius 3 is 2.59 bits per heavy atom. The summed E-state index contributed by atoms with van der Waals surface area (Å²) in [4.78, 5) is 13.9. The van der Waals surface area contributed by atoms with Gasteiger partial charge in [0.2, 0.25) is 5.91 Å². The maximum absolute atomic E-state index is 11.5. The lowest BCUT2D eigenvalue weighted by Gasteiger charge is -2.44. The van der Waals surface area contributed by atoms with Crippen LogP contribution < -0.4 is 11.1 Å². The minimum absolute atomic E-state index is 0.108. The summed E-state index contributed by atoms with van der Waals surface area (Å²) < 4.78 is 0. The second-order valence-corrected chi connectivity index (χ2v) is 5.62. The number of likely N-dealkylation sites (tertiary alicyclic amines) is 1. The summed E-state index contributed by atoms with van der Waals surface area (Å²) in [6.45, 7) is 2.89. The zero-order valence-electron chi connectivity index (χ0n) is 10.8. The lowest BCUT2D eigenvalue weighted by Crippen LogP contribution is -2.51. The molecule has 0 aromatic rings. The SMILES string of the molecule is CNC(=O)CC(CN)N1CC2CCCC(C2)C1. The molecule has 2 fully saturated rings. The van der Waals surface area contributed by atoms with Crippen LogP contribution in [0.2, 0.25) is 0 Å². The van der Waals surface area contributed by atoms with Crippen molar-refractivity contribution in [2.24, 2.45) is 17.6 Å². The summed E-state index contributed by atoms with van der Waals surface area (Å²) in [7, 11) is 1.70. The topological polar surface area (TPSA) is 58.4 Å². The number of hydrogen-bond donors (Lipinski definition) is 2. The van der Waals surface area contributed by atoms with E-state index in [0.717, 1.165) is 24.9 Å². The number of hydrogen-bond acceptors (Lipinski definition) is 3. The van der Waals surface area contributed by atoms with E-state index in [1.807, 2.05) is 0 Å². The fourth-order valence-corrected chi connectivity index (χ4v) is 3.45. The van der Waals surface area contributed by atoms with E-state index in [1.165, 1.54) is 25.7 Å². The molecular formula is C13H25N3O. The Balaban J connectivity index is 1.92. The van der Waals surface area contributed by atoms with Crippen LogP contribution in [0.15, 0.2) is 0 Å². The third kappa shape index (κ3) is 3.19. The number of amides is 1. The van der Waals surface area contributed by atoms with Crippen LogP contribution in [0.25, 0.3) is 0 Å². The number of nitrogens with one attached hydrogen (secondary N) is 1. The van der Waals surface area contributed by atoms with E-state index in [-0.39, 0.29) is 11.9 Å². The van der Waals surface area contributed by atoms with Gasteiger partial charge < -0.3 is 11.1 Å². The van der Waals surface area contributed by atoms with Crippen LogP contribution in [-0.2, 0) is 4.79 Å². The van der Waals surface area contributed by atoms with Crippen molar-refractivity contribution in [3.63, 3.8) is 0 Å². The van der Waals surface area contributed by atoms with Crippen molar-refractivity contribution in [2.45, 2.75) is 38.1 Å². The van der Waals surface area contributed by atoms with Gasteiger partial charge in [-0.2, -0.15) is 0 Å². The molecule has 1 aliphatic heterocycles. The first-order valence-corrected chi connectivity index (χ1v) is 6.87. The Hall–Kier alpha value is -0.610. The van der Waals surface area contributed by atoms with E-state index in [4.69, 9.17) is 5.73 Å². The highest BCUT2D eigenvalue weighted by Gasteiger charge is 2.33. The molecule has 1 saturated heterocycles. The number of carbonyl (C=O) groups excluding carboxylic acids is 1. The fraction of sp³-hybridized carbons (Fsp3) is 0.923. The van der Waals surface area contributed by atoms with Crippen LogP contribution in [0.5, 0.6) is 0 Å². The van der Waals surface area contributed by atoms with Crippen LogP contribution in [0.4, 0.5) is 0 Å². The fourth-order valence-electron chi connectivity index (χ4n) is 3.45. The van der Waals surface area contributed by atoms with E-state index in [0.29, 0.717) is 13.0 Å². The Morgan fingerprint density at radius 2 is 2.06 bits per heavy atom. The summed E-state index contributed by atoms with van der Waals surface area (Å²) >= 11 is 0. The summed E-state index contributed by atoms with van der Waals surface area (Å²) in [6.07, 6.45) is 6.07. The summed E-state index contributed by atoms with van der Waals surface area (Å²) in [6, 6.07) is 0.235. The average Bonchev–Trinajstić information content (AvgIpc) is 2.35. The van der Waals surface area contributed by atoms with Crippen molar-refractivity contribution >= 4 is 5.91 Å². The first kappa shape index (κ1) is 12.8. The summed E-state index contributed by atoms with van der Waals surface area (Å²) in [5.41, 5.74) is 5.84. The quantitative estimate of drug-likeness (QED) is 0.754. The molecule has 2 bridgehead atoms. The second-order valence-electron chi connectivity index (χ2n) is 5.62. The van der Waals surface area contributed by atoms with Crippen molar-refractivity contribution in [3.8, 4) is 0 Å². The van der Waals surface area contributed by atoms with E-state index >= 15 is 0 Å². The predicted octanol–water partition coefficient (Wildman–Crippen LogP) is 0.572. The number of fused-ring (bicyclic) bond motifs is 2. The zero-order valence-corrected chi connectivity index (χ0v) is 10.8. The molecule has 4 nitrogen and oxygen atoms in total. The highest BCUT2D eigenvalue weighted by molar-refractivity contribution is 5.76. The lowest BCUT2D eigenvalue weighted by molar-refractivity contribution is -0.122. The van der Waals surface area contributed by atoms with Crippen LogP contribution >= 0.6 is 0 Å². The molecule has 3 unspecified atom stereocenters. The van der Waals surface area contributed by atoms with Gasteiger partial charge in [-0.1, -0.05) is 6.42 Å². The molecule has 1 aliphatic carbocycles. The van der Waals surface area contributed by atoms with Crippen molar-refractivity contribution in [1.29, 1.82) is 0 Å². The first-order valence-electron chi connectivity index (χ1n) is 6.87. The van der Waals surface area contributed by atoms with Gasteiger partial charge in [-0.05, 0) is 31.1 Å². The normalized spacial score (nSPS) is 30.9. The largest absolute Gasteiger partial charge is 0.359 e. The van der Waals surface area contributed by atoms with Crippen LogP contribution in [0.3, 0.4) is 0 Å². The van der Waals surface area contributed by atoms with Crippen molar-refractivity contribution in [1.82, 2.24) is 10.2 Å². The molecule has 3 N–H and O–H groups in total. The van der Waals surface area contributed by atoms with Gasteiger partial charge >= 0.3 is 0 Å². The molecule has 0 aromatic heterocycles. The average molecular weight is 239 g/mol. The number of nitrogens with zero attached hydrogens (tertiary/aromatic N) is 1. The van der Waals surface area contributed by atoms with Gasteiger partial charge in [-0.3, -0.25) is 9.69 Å². The third-order valence-corrected chi connectivity index (χ3v) is 4.37. The Labute approximate surface area is 104 Å². The van der Waals surface area contributed by atoms with Crippen molar-refractivity contribution in [2.75, 3.05) is 26.7 Å². The van der Waals surface area contributed by atoms with E-state index < -0.39 is 0 Å². The van der Waals surface area contributed by atoms with E-state index in [9.17, 15) is 4.79 Å². The van der Waals surface area contributed by atoms with Gasteiger partial charge in [-0.25, -0.2) is 0 Å². The van der Waals surface area contributed by atoms with Crippen LogP contribution in [0.1, 0.15) is 32.1 Å². The van der Waals surface area contributed by atoms with E-state index in [2.05, 4.69) is 10.2 Å². The van der Waals surface area contributed by atoms with Gasteiger partial charge in [-0.15, -0.1) is 0 Å². The monoisotopic (exact) mass is 239 g/mol. The second kappa shape index (κ2) is 5.83. The van der Waals surface area contributed by atoms with Gasteiger partial charge in [0, 0.05) is 39.1 Å². The molecular weight excluding hydrogens is 214 g/mol. The van der Waals surface area contributed by atoms with E-state index in [1.54, 1.807) is 7.05 Å². The van der Waals surface area contributed by atoms with Crippen molar-refractivity contribution < 1.29 is 4.79 Å². The molecule has 98 valence electrons. The standard InChI is InChI=1S/C13H25N3O/c1-15-13(17)6-12(7-14)16-8-10-3-2-4-11(5-10)9-16/h10-12H,2-9,14H2,1H3,(H,15,17). The molecule has 0 radical (unpaired) electrons. The Kier molecular flexibility index (Phi) is 4.40. The third-order valence-electron chi connectivity index (χ3n) is 4.37. The summed E-state index contributed by atoms with van der Waals surface area (Å²) in [5.74, 6) is 1.80. The molecule has 3 atom stereocenters. The summed E-state index contributed by atoms with van der Waals surface area (Å²) in [5, 5.41) is 2.70. The molecule has 0 aromatic carbocycles. The molecule has 1 amide bonds. The van der Waals surface area contributed by atoms with Gasteiger partial charge in [0.05, 0.1) is 0 Å². The minimum Gasteiger partial charge on any atom is -0.359 e. The zero-order chi connectivity index (χ0) is 12.3. The van der Waals surface area contributed by atoms with Crippen LogP contribution in [0, 0.1) is 11.8 Å². The highest BCUT2D eigenvalue weighted by Crippen LogP contribution is 2.35. The first-order chi connectivity index (χ1) is 8.22. The van der Waals surface area contributed by atoms with Crippen molar-refractivity contribution in [3.05, 3.63) is 0 Å². The number of nitrogens with two attached hydrogens (primary N) is 1. The predicted molar refractivity (Wildman–Crippen MR) is 68.5 cm³/mol. The van der Waals surface area contributed by atoms with Crippen LogP contribution in [-0.4, -0.2) is 43.5 Å². The maximum Gasteiger partial charge on any atom is 0.221 e. The minimum atomic E-state index is 0.108. The number of rotatable bonds is 4. The molecule has 2 rings (SSSR count). The number of piperidine rings is 1. The molecule has 1 heterocycles. The highest BCUT2D eigenvalue weighted by atomic mass is 16.1. The number of carbonyl (C=O) groups is 1. The lowest BCUT2D eigenvalue weighted by atomic mass is 9.77.